The Hall–Kier alpha value is -1.40. The fourth-order valence-electron chi connectivity index (χ4n) is 3.29. The van der Waals surface area contributed by atoms with E-state index in [-0.39, 0.29) is 18.0 Å². The summed E-state index contributed by atoms with van der Waals surface area (Å²) in [4.78, 5) is 18.6. The highest BCUT2D eigenvalue weighted by molar-refractivity contribution is 7.16. The first-order valence-corrected chi connectivity index (χ1v) is 10.3. The van der Waals surface area contributed by atoms with Gasteiger partial charge in [0.1, 0.15) is 0 Å². The van der Waals surface area contributed by atoms with Gasteiger partial charge in [-0.25, -0.2) is 0 Å². The van der Waals surface area contributed by atoms with Crippen molar-refractivity contribution in [3.05, 3.63) is 57.2 Å². The molecule has 1 fully saturated rings. The predicted octanol–water partition coefficient (Wildman–Crippen LogP) is 3.79. The fraction of sp³-hybridized carbons (Fsp3) is 0.450. The van der Waals surface area contributed by atoms with E-state index in [9.17, 15) is 4.79 Å². The number of hydrogen-bond acceptors (Lipinski definition) is 4. The number of rotatable bonds is 6. The van der Waals surface area contributed by atoms with Gasteiger partial charge in [-0.15, -0.1) is 11.3 Å². The molecule has 1 N–H and O–H groups in total. The lowest BCUT2D eigenvalue weighted by Crippen LogP contribution is -2.53. The monoisotopic (exact) mass is 391 g/mol. The Labute approximate surface area is 164 Å². The summed E-state index contributed by atoms with van der Waals surface area (Å²) in [5.74, 6) is 0.0971. The number of amides is 1. The molecule has 0 saturated carbocycles. The van der Waals surface area contributed by atoms with Crippen LogP contribution in [0.15, 0.2) is 42.5 Å². The van der Waals surface area contributed by atoms with Crippen molar-refractivity contribution in [1.82, 2.24) is 15.1 Å². The van der Waals surface area contributed by atoms with Gasteiger partial charge in [0.25, 0.3) is 0 Å². The highest BCUT2D eigenvalue weighted by atomic mass is 35.5. The SMILES string of the molecule is C[C@H](C(=O)N[C@H](C)c1ccccc1)N1CCN(Cc2ccc(Cl)s2)CC1. The van der Waals surface area contributed by atoms with Gasteiger partial charge in [0.15, 0.2) is 0 Å². The normalized spacial score (nSPS) is 18.4. The maximum absolute atomic E-state index is 12.6. The van der Waals surface area contributed by atoms with Gasteiger partial charge in [-0.1, -0.05) is 41.9 Å². The lowest BCUT2D eigenvalue weighted by atomic mass is 10.1. The van der Waals surface area contributed by atoms with E-state index in [1.165, 1.54) is 4.88 Å². The van der Waals surface area contributed by atoms with E-state index in [1.54, 1.807) is 11.3 Å². The molecule has 1 aromatic heterocycles. The highest BCUT2D eigenvalue weighted by Gasteiger charge is 2.26. The van der Waals surface area contributed by atoms with Gasteiger partial charge in [-0.2, -0.15) is 0 Å². The quantitative estimate of drug-likeness (QED) is 0.813. The number of benzene rings is 1. The largest absolute Gasteiger partial charge is 0.348 e. The van der Waals surface area contributed by atoms with Crippen LogP contribution in [0.1, 0.15) is 30.3 Å². The number of nitrogens with one attached hydrogen (secondary N) is 1. The molecule has 0 radical (unpaired) electrons. The number of halogens is 1. The molecule has 1 aliphatic heterocycles. The summed E-state index contributed by atoms with van der Waals surface area (Å²) >= 11 is 7.65. The summed E-state index contributed by atoms with van der Waals surface area (Å²) in [6, 6.07) is 14.1. The molecule has 1 saturated heterocycles. The Kier molecular flexibility index (Phi) is 6.70. The van der Waals surface area contributed by atoms with Crippen molar-refractivity contribution in [2.75, 3.05) is 26.2 Å². The zero-order chi connectivity index (χ0) is 18.5. The summed E-state index contributed by atoms with van der Waals surface area (Å²) in [7, 11) is 0. The Morgan fingerprint density at radius 3 is 2.42 bits per heavy atom. The zero-order valence-corrected chi connectivity index (χ0v) is 16.9. The fourth-order valence-corrected chi connectivity index (χ4v) is 4.42. The van der Waals surface area contributed by atoms with E-state index in [4.69, 9.17) is 11.6 Å². The summed E-state index contributed by atoms with van der Waals surface area (Å²) in [6.07, 6.45) is 0. The van der Waals surface area contributed by atoms with Crippen molar-refractivity contribution in [2.24, 2.45) is 0 Å². The van der Waals surface area contributed by atoms with Gasteiger partial charge in [0.05, 0.1) is 16.4 Å². The molecule has 2 atom stereocenters. The number of thiophene rings is 1. The van der Waals surface area contributed by atoms with E-state index in [1.807, 2.05) is 50.2 Å². The van der Waals surface area contributed by atoms with Crippen LogP contribution in [0.25, 0.3) is 0 Å². The zero-order valence-electron chi connectivity index (χ0n) is 15.3. The Balaban J connectivity index is 1.46. The lowest BCUT2D eigenvalue weighted by molar-refractivity contribution is -0.127. The average Bonchev–Trinajstić information content (AvgIpc) is 3.07. The van der Waals surface area contributed by atoms with E-state index < -0.39 is 0 Å². The Morgan fingerprint density at radius 1 is 1.12 bits per heavy atom. The van der Waals surface area contributed by atoms with Crippen LogP contribution in [-0.4, -0.2) is 47.9 Å². The maximum atomic E-state index is 12.6. The van der Waals surface area contributed by atoms with Crippen molar-refractivity contribution in [1.29, 1.82) is 0 Å². The van der Waals surface area contributed by atoms with E-state index in [2.05, 4.69) is 21.2 Å². The molecule has 140 valence electrons. The van der Waals surface area contributed by atoms with Gasteiger partial charge in [-0.05, 0) is 31.5 Å². The second-order valence-electron chi connectivity index (χ2n) is 6.83. The summed E-state index contributed by atoms with van der Waals surface area (Å²) in [6.45, 7) is 8.74. The minimum Gasteiger partial charge on any atom is -0.348 e. The summed E-state index contributed by atoms with van der Waals surface area (Å²) in [5, 5.41) is 3.14. The molecule has 1 amide bonds. The summed E-state index contributed by atoms with van der Waals surface area (Å²) < 4.78 is 0.844. The molecule has 6 heteroatoms. The molecule has 26 heavy (non-hydrogen) atoms. The van der Waals surface area contributed by atoms with Crippen LogP contribution in [-0.2, 0) is 11.3 Å². The minimum atomic E-state index is -0.112. The second kappa shape index (κ2) is 9.00. The van der Waals surface area contributed by atoms with Crippen LogP contribution < -0.4 is 5.32 Å². The summed E-state index contributed by atoms with van der Waals surface area (Å²) in [5.41, 5.74) is 1.13. The van der Waals surface area contributed by atoms with Crippen molar-refractivity contribution in [2.45, 2.75) is 32.5 Å². The van der Waals surface area contributed by atoms with Gasteiger partial charge >= 0.3 is 0 Å². The molecule has 1 aromatic carbocycles. The average molecular weight is 392 g/mol. The smallest absolute Gasteiger partial charge is 0.237 e. The van der Waals surface area contributed by atoms with Crippen molar-refractivity contribution >= 4 is 28.8 Å². The number of hydrogen-bond donors (Lipinski definition) is 1. The van der Waals surface area contributed by atoms with E-state index >= 15 is 0 Å². The number of piperazine rings is 1. The van der Waals surface area contributed by atoms with Gasteiger partial charge < -0.3 is 5.32 Å². The van der Waals surface area contributed by atoms with E-state index in [0.717, 1.165) is 42.6 Å². The van der Waals surface area contributed by atoms with Gasteiger partial charge in [0, 0.05) is 37.6 Å². The molecule has 3 rings (SSSR count). The van der Waals surface area contributed by atoms with Crippen LogP contribution in [0, 0.1) is 0 Å². The molecule has 2 heterocycles. The van der Waals surface area contributed by atoms with Gasteiger partial charge in [0.2, 0.25) is 5.91 Å². The minimum absolute atomic E-state index is 0.0241. The predicted molar refractivity (Wildman–Crippen MR) is 109 cm³/mol. The molecule has 0 aliphatic carbocycles. The van der Waals surface area contributed by atoms with Crippen molar-refractivity contribution in [3.63, 3.8) is 0 Å². The van der Waals surface area contributed by atoms with Crippen LogP contribution in [0.5, 0.6) is 0 Å². The molecule has 4 nitrogen and oxygen atoms in total. The Bertz CT molecular complexity index is 713. The Morgan fingerprint density at radius 2 is 1.81 bits per heavy atom. The molecule has 0 spiro atoms. The molecule has 0 bridgehead atoms. The third-order valence-electron chi connectivity index (χ3n) is 5.00. The standard InChI is InChI=1S/C20H26ClN3OS/c1-15(17-6-4-3-5-7-17)22-20(25)16(2)24-12-10-23(11-13-24)14-18-8-9-19(21)26-18/h3-9,15-16H,10-14H2,1-2H3,(H,22,25)/t15-,16-/m1/s1. The second-order valence-corrected chi connectivity index (χ2v) is 8.63. The van der Waals surface area contributed by atoms with Crippen LogP contribution >= 0.6 is 22.9 Å². The first-order valence-electron chi connectivity index (χ1n) is 9.09. The van der Waals surface area contributed by atoms with Crippen molar-refractivity contribution < 1.29 is 4.79 Å². The third kappa shape index (κ3) is 5.07. The highest BCUT2D eigenvalue weighted by Crippen LogP contribution is 2.23. The molecular weight excluding hydrogens is 366 g/mol. The first-order chi connectivity index (χ1) is 12.5. The lowest BCUT2D eigenvalue weighted by Gasteiger charge is -2.37. The maximum Gasteiger partial charge on any atom is 0.237 e. The molecular formula is C20H26ClN3OS. The number of carbonyl (C=O) groups excluding carboxylic acids is 1. The molecule has 2 aromatic rings. The van der Waals surface area contributed by atoms with Crippen LogP contribution in [0.4, 0.5) is 0 Å². The number of nitrogens with zero attached hydrogens (tertiary/aromatic N) is 2. The van der Waals surface area contributed by atoms with Gasteiger partial charge in [-0.3, -0.25) is 14.6 Å². The first kappa shape index (κ1) is 19.4. The van der Waals surface area contributed by atoms with E-state index in [0.29, 0.717) is 0 Å². The van der Waals surface area contributed by atoms with Crippen molar-refractivity contribution in [3.8, 4) is 0 Å². The third-order valence-corrected chi connectivity index (χ3v) is 6.22. The molecule has 1 aliphatic rings. The number of carbonyl (C=O) groups is 1. The topological polar surface area (TPSA) is 35.6 Å². The molecule has 0 unspecified atom stereocenters. The van der Waals surface area contributed by atoms with Crippen LogP contribution in [0.3, 0.4) is 0 Å². The van der Waals surface area contributed by atoms with Crippen LogP contribution in [0.2, 0.25) is 4.34 Å².